The molecule has 13 rings (SSSR count). The number of hydrogen-bond acceptors (Lipinski definition) is 3. The van der Waals surface area contributed by atoms with E-state index in [0.717, 1.165) is 22.3 Å². The van der Waals surface area contributed by atoms with Crippen LogP contribution >= 0.6 is 0 Å². The van der Waals surface area contributed by atoms with Gasteiger partial charge in [-0.3, -0.25) is 0 Å². The lowest BCUT2D eigenvalue weighted by Crippen LogP contribution is -2.52. The molecule has 5 aliphatic rings. The van der Waals surface area contributed by atoms with E-state index in [-0.39, 0.29) is 17.3 Å². The molecule has 5 unspecified atom stereocenters. The zero-order chi connectivity index (χ0) is 38.1. The molecular weight excluding hydrogens is 705 g/mol. The van der Waals surface area contributed by atoms with E-state index >= 15 is 0 Å². The largest absolute Gasteiger partial charge is 0.416 e. The van der Waals surface area contributed by atoms with Crippen LogP contribution in [-0.2, 0) is 5.41 Å². The monoisotopic (exact) mass is 740 g/mol. The van der Waals surface area contributed by atoms with Gasteiger partial charge in [0.15, 0.2) is 0 Å². The number of fused-ring (bicyclic) bond motifs is 10. The summed E-state index contributed by atoms with van der Waals surface area (Å²) in [6.07, 6.45) is 8.74. The minimum absolute atomic E-state index is 0.0900. The standard InChI is InChI=1S/C55H36N2O/c1-32-10-2-3-11-39-40-12-4-5-13-42(40)50(32)46-30-37(26-28-41(39)46)33-18-22-35(23-19-33)53-56-57-54(58-53)36-24-20-34(21-25-36)38-27-29-43-47(31-38)52-45-15-7-9-17-49(45)55(52)48-16-8-6-14-44(48)51(43)55/h2-31,39,50-52H,1H2/b10-2-,11-3-. The van der Waals surface area contributed by atoms with Gasteiger partial charge in [-0.15, -0.1) is 10.2 Å². The number of aromatic nitrogens is 2. The molecule has 0 aliphatic heterocycles. The van der Waals surface area contributed by atoms with E-state index in [1.165, 1.54) is 72.3 Å². The first-order valence-electron chi connectivity index (χ1n) is 20.3. The summed E-state index contributed by atoms with van der Waals surface area (Å²) in [5.74, 6) is 2.21. The van der Waals surface area contributed by atoms with E-state index in [1.54, 1.807) is 0 Å². The summed E-state index contributed by atoms with van der Waals surface area (Å²) in [6.45, 7) is 4.51. The molecule has 3 nitrogen and oxygen atoms in total. The molecule has 1 heterocycles. The quantitative estimate of drug-likeness (QED) is 0.180. The van der Waals surface area contributed by atoms with E-state index in [4.69, 9.17) is 4.42 Å². The average Bonchev–Trinajstić information content (AvgIpc) is 3.86. The Bertz CT molecular complexity index is 3110. The smallest absolute Gasteiger partial charge is 0.248 e. The van der Waals surface area contributed by atoms with Crippen molar-refractivity contribution < 1.29 is 4.42 Å². The highest BCUT2D eigenvalue weighted by molar-refractivity contribution is 5.81. The molecule has 0 saturated carbocycles. The van der Waals surface area contributed by atoms with Crippen LogP contribution in [-0.4, -0.2) is 10.2 Å². The Hall–Kier alpha value is -7.10. The van der Waals surface area contributed by atoms with Gasteiger partial charge in [0.25, 0.3) is 0 Å². The molecule has 2 bridgehead atoms. The van der Waals surface area contributed by atoms with Crippen molar-refractivity contribution in [2.75, 3.05) is 0 Å². The van der Waals surface area contributed by atoms with E-state index in [2.05, 4.69) is 199 Å². The average molecular weight is 741 g/mol. The molecule has 1 aromatic heterocycles. The fourth-order valence-electron chi connectivity index (χ4n) is 11.4. The Morgan fingerprint density at radius 2 is 0.914 bits per heavy atom. The topological polar surface area (TPSA) is 38.9 Å². The van der Waals surface area contributed by atoms with Gasteiger partial charge >= 0.3 is 0 Å². The van der Waals surface area contributed by atoms with Crippen molar-refractivity contribution in [2.24, 2.45) is 0 Å². The second-order valence-electron chi connectivity index (χ2n) is 16.5. The molecule has 8 aromatic rings. The lowest BCUT2D eigenvalue weighted by atomic mass is 9.43. The first kappa shape index (κ1) is 32.0. The maximum Gasteiger partial charge on any atom is 0.248 e. The second kappa shape index (κ2) is 11.7. The summed E-state index contributed by atoms with van der Waals surface area (Å²) in [4.78, 5) is 0. The third-order valence-electron chi connectivity index (χ3n) is 13.9. The Balaban J connectivity index is 0.769. The van der Waals surface area contributed by atoms with Crippen molar-refractivity contribution in [3.63, 3.8) is 0 Å². The van der Waals surface area contributed by atoms with Crippen LogP contribution in [0.1, 0.15) is 79.3 Å². The molecule has 0 N–H and O–H groups in total. The number of nitrogens with zero attached hydrogens (tertiary/aromatic N) is 2. The third kappa shape index (κ3) is 4.18. The van der Waals surface area contributed by atoms with Gasteiger partial charge in [-0.1, -0.05) is 158 Å². The Labute approximate surface area is 337 Å². The molecule has 0 radical (unpaired) electrons. The number of rotatable bonds is 4. The highest BCUT2D eigenvalue weighted by atomic mass is 16.4. The van der Waals surface area contributed by atoms with Crippen molar-refractivity contribution >= 4 is 0 Å². The maximum absolute atomic E-state index is 6.28. The van der Waals surface area contributed by atoms with Crippen LogP contribution < -0.4 is 0 Å². The van der Waals surface area contributed by atoms with Crippen molar-refractivity contribution in [3.05, 3.63) is 250 Å². The molecule has 3 heteroatoms. The lowest BCUT2D eigenvalue weighted by Gasteiger charge is -2.58. The van der Waals surface area contributed by atoms with Crippen molar-refractivity contribution in [1.29, 1.82) is 0 Å². The highest BCUT2D eigenvalue weighted by Gasteiger charge is 2.69. The lowest BCUT2D eigenvalue weighted by molar-refractivity contribution is 0.333. The van der Waals surface area contributed by atoms with E-state index < -0.39 is 0 Å². The van der Waals surface area contributed by atoms with Gasteiger partial charge in [-0.05, 0) is 114 Å². The van der Waals surface area contributed by atoms with Crippen LogP contribution in [0.4, 0.5) is 0 Å². The Kier molecular flexibility index (Phi) is 6.47. The Morgan fingerprint density at radius 1 is 0.431 bits per heavy atom. The van der Waals surface area contributed by atoms with Crippen molar-refractivity contribution in [1.82, 2.24) is 10.2 Å². The van der Waals surface area contributed by atoms with E-state index in [9.17, 15) is 0 Å². The van der Waals surface area contributed by atoms with Gasteiger partial charge in [-0.25, -0.2) is 0 Å². The summed E-state index contributed by atoms with van der Waals surface area (Å²) in [6, 6.07) is 58.0. The summed E-state index contributed by atoms with van der Waals surface area (Å²) in [5, 5.41) is 8.93. The molecule has 58 heavy (non-hydrogen) atoms. The highest BCUT2D eigenvalue weighted by Crippen LogP contribution is 2.77. The van der Waals surface area contributed by atoms with Crippen LogP contribution in [0.2, 0.25) is 0 Å². The number of hydrogen-bond donors (Lipinski definition) is 0. The van der Waals surface area contributed by atoms with Crippen LogP contribution in [0.5, 0.6) is 0 Å². The maximum atomic E-state index is 6.28. The molecule has 272 valence electrons. The third-order valence-corrected chi connectivity index (χ3v) is 13.9. The van der Waals surface area contributed by atoms with Gasteiger partial charge in [0.05, 0.1) is 0 Å². The molecular formula is C55H36N2O. The molecule has 5 aliphatic carbocycles. The van der Waals surface area contributed by atoms with Gasteiger partial charge in [0.1, 0.15) is 0 Å². The predicted octanol–water partition coefficient (Wildman–Crippen LogP) is 12.9. The number of benzene rings is 7. The van der Waals surface area contributed by atoms with Crippen molar-refractivity contribution in [3.8, 4) is 45.2 Å². The summed E-state index contributed by atoms with van der Waals surface area (Å²) in [7, 11) is 0. The van der Waals surface area contributed by atoms with E-state index in [0.29, 0.717) is 23.6 Å². The van der Waals surface area contributed by atoms with Crippen molar-refractivity contribution in [2.45, 2.75) is 29.1 Å². The van der Waals surface area contributed by atoms with Gasteiger partial charge < -0.3 is 4.42 Å². The summed E-state index contributed by atoms with van der Waals surface area (Å²) < 4.78 is 6.28. The van der Waals surface area contributed by atoms with Crippen LogP contribution in [0.25, 0.3) is 45.2 Å². The second-order valence-corrected chi connectivity index (χ2v) is 16.5. The zero-order valence-electron chi connectivity index (χ0n) is 31.6. The summed E-state index contributed by atoms with van der Waals surface area (Å²) in [5.41, 5.74) is 22.0. The minimum atomic E-state index is 0.0900. The molecule has 0 saturated heterocycles. The molecule has 7 aromatic carbocycles. The minimum Gasteiger partial charge on any atom is -0.416 e. The molecule has 0 amide bonds. The first-order chi connectivity index (χ1) is 28.7. The Morgan fingerprint density at radius 3 is 1.55 bits per heavy atom. The van der Waals surface area contributed by atoms with Crippen LogP contribution in [0, 0.1) is 0 Å². The molecule has 0 fully saturated rings. The zero-order valence-corrected chi connectivity index (χ0v) is 31.6. The normalized spacial score (nSPS) is 23.2. The predicted molar refractivity (Wildman–Crippen MR) is 231 cm³/mol. The van der Waals surface area contributed by atoms with Gasteiger partial charge in [0, 0.05) is 40.2 Å². The number of allylic oxidation sites excluding steroid dienone is 5. The summed E-state index contributed by atoms with van der Waals surface area (Å²) >= 11 is 0. The first-order valence-corrected chi connectivity index (χ1v) is 20.3. The fourth-order valence-corrected chi connectivity index (χ4v) is 11.4. The van der Waals surface area contributed by atoms with E-state index in [1.807, 2.05) is 0 Å². The van der Waals surface area contributed by atoms with Crippen LogP contribution in [0.15, 0.2) is 199 Å². The van der Waals surface area contributed by atoms with Gasteiger partial charge in [-0.2, -0.15) is 0 Å². The molecule has 1 spiro atoms. The fraction of sp³-hybridized carbons (Fsp3) is 0.0909. The van der Waals surface area contributed by atoms with Crippen LogP contribution in [0.3, 0.4) is 0 Å². The molecule has 5 atom stereocenters. The van der Waals surface area contributed by atoms with Gasteiger partial charge in [0.2, 0.25) is 11.8 Å². The SMILES string of the molecule is C=C1/C=C\C=C/C2c3ccccc3C1c1cc(-c3ccc(-c4nnc(-c5ccc(-c6ccc7c(c6)C6c8ccccc8C68c6ccccc6C78)cc5)o4)cc3)ccc12.